The summed E-state index contributed by atoms with van der Waals surface area (Å²) in [6, 6.07) is 25.5. The molecule has 0 aliphatic heterocycles. The predicted molar refractivity (Wildman–Crippen MR) is 121 cm³/mol. The van der Waals surface area contributed by atoms with Gasteiger partial charge in [0, 0.05) is 0 Å². The number of benzene rings is 3. The molecule has 1 aliphatic rings. The summed E-state index contributed by atoms with van der Waals surface area (Å²) in [4.78, 5) is 40.4. The second kappa shape index (κ2) is 10.1. The van der Waals surface area contributed by atoms with E-state index in [4.69, 9.17) is 14.2 Å². The maximum absolute atomic E-state index is 13.6. The van der Waals surface area contributed by atoms with E-state index < -0.39 is 29.2 Å². The molecule has 168 valence electrons. The highest BCUT2D eigenvalue weighted by atomic mass is 16.6. The van der Waals surface area contributed by atoms with Crippen molar-refractivity contribution < 1.29 is 28.6 Å². The molecule has 0 N–H and O–H groups in total. The summed E-state index contributed by atoms with van der Waals surface area (Å²) in [5, 5.41) is 0. The first-order valence-electron chi connectivity index (χ1n) is 10.9. The third kappa shape index (κ3) is 4.95. The molecule has 3 aromatic rings. The topological polar surface area (TPSA) is 78.9 Å². The van der Waals surface area contributed by atoms with E-state index in [-0.39, 0.29) is 17.9 Å². The number of hydrogen-bond acceptors (Lipinski definition) is 6. The minimum Gasteiger partial charge on any atom is -0.426 e. The summed E-state index contributed by atoms with van der Waals surface area (Å²) in [6.07, 6.45) is 1.68. The van der Waals surface area contributed by atoms with Crippen LogP contribution in [0.25, 0.3) is 0 Å². The fourth-order valence-corrected chi connectivity index (χ4v) is 4.11. The smallest absolute Gasteiger partial charge is 0.329 e. The summed E-state index contributed by atoms with van der Waals surface area (Å²) in [5.41, 5.74) is -1.82. The fourth-order valence-electron chi connectivity index (χ4n) is 4.11. The number of esters is 3. The molecule has 6 heteroatoms. The fraction of sp³-hybridized carbons (Fsp3) is 0.222. The van der Waals surface area contributed by atoms with Gasteiger partial charge in [-0.2, -0.15) is 0 Å². The van der Waals surface area contributed by atoms with Crippen LogP contribution in [0.5, 0.6) is 17.2 Å². The van der Waals surface area contributed by atoms with Crippen LogP contribution in [-0.2, 0) is 14.4 Å². The molecular formula is C27H24O6. The Morgan fingerprint density at radius 3 is 1.48 bits per heavy atom. The normalized spacial score (nSPS) is 16.9. The predicted octanol–water partition coefficient (Wildman–Crippen LogP) is 4.98. The lowest BCUT2D eigenvalue weighted by Gasteiger charge is -2.38. The highest BCUT2D eigenvalue weighted by Crippen LogP contribution is 2.45. The van der Waals surface area contributed by atoms with Crippen LogP contribution in [0, 0.1) is 11.3 Å². The largest absolute Gasteiger partial charge is 0.426 e. The van der Waals surface area contributed by atoms with Crippen molar-refractivity contribution in [3.63, 3.8) is 0 Å². The third-order valence-corrected chi connectivity index (χ3v) is 5.79. The zero-order valence-corrected chi connectivity index (χ0v) is 18.0. The molecule has 0 heterocycles. The lowest BCUT2D eigenvalue weighted by atomic mass is 9.66. The van der Waals surface area contributed by atoms with Crippen molar-refractivity contribution in [3.05, 3.63) is 91.0 Å². The van der Waals surface area contributed by atoms with Crippen molar-refractivity contribution in [3.8, 4) is 17.2 Å². The number of hydrogen-bond donors (Lipinski definition) is 0. The van der Waals surface area contributed by atoms with Crippen molar-refractivity contribution in [2.75, 3.05) is 0 Å². The van der Waals surface area contributed by atoms with Gasteiger partial charge in [0.25, 0.3) is 0 Å². The van der Waals surface area contributed by atoms with Gasteiger partial charge in [0.1, 0.15) is 17.2 Å². The molecular weight excluding hydrogens is 420 g/mol. The van der Waals surface area contributed by atoms with E-state index in [1.165, 1.54) is 0 Å². The van der Waals surface area contributed by atoms with Crippen molar-refractivity contribution in [1.82, 2.24) is 0 Å². The number of rotatable bonds is 6. The molecule has 1 fully saturated rings. The first-order valence-corrected chi connectivity index (χ1v) is 10.9. The molecule has 0 aromatic heterocycles. The number of ether oxygens (including phenoxy) is 3. The second-order valence-corrected chi connectivity index (χ2v) is 7.91. The zero-order valence-electron chi connectivity index (χ0n) is 18.0. The summed E-state index contributed by atoms with van der Waals surface area (Å²) in [7, 11) is 0. The van der Waals surface area contributed by atoms with Gasteiger partial charge in [-0.05, 0) is 49.2 Å². The van der Waals surface area contributed by atoms with Gasteiger partial charge in [0.2, 0.25) is 0 Å². The van der Waals surface area contributed by atoms with Gasteiger partial charge in [-0.3, -0.25) is 14.4 Å². The Morgan fingerprint density at radius 1 is 0.606 bits per heavy atom. The molecule has 1 atom stereocenters. The van der Waals surface area contributed by atoms with Crippen LogP contribution in [0.15, 0.2) is 91.0 Å². The van der Waals surface area contributed by atoms with Gasteiger partial charge in [0.05, 0.1) is 5.92 Å². The monoisotopic (exact) mass is 444 g/mol. The summed E-state index contributed by atoms with van der Waals surface area (Å²) in [5.74, 6) is -2.41. The van der Waals surface area contributed by atoms with Crippen molar-refractivity contribution in [2.45, 2.75) is 25.7 Å². The SMILES string of the molecule is O=C(Oc1ccccc1)C1CCCCC1(C(=O)Oc1ccccc1)C(=O)Oc1ccccc1. The Bertz CT molecular complexity index is 1040. The van der Waals surface area contributed by atoms with Crippen molar-refractivity contribution >= 4 is 17.9 Å². The Balaban J connectivity index is 1.69. The van der Waals surface area contributed by atoms with E-state index in [1.54, 1.807) is 91.0 Å². The van der Waals surface area contributed by atoms with E-state index in [9.17, 15) is 14.4 Å². The number of carbonyl (C=O) groups is 3. The molecule has 1 aliphatic carbocycles. The van der Waals surface area contributed by atoms with Gasteiger partial charge in [-0.1, -0.05) is 67.4 Å². The van der Waals surface area contributed by atoms with E-state index in [0.717, 1.165) is 0 Å². The van der Waals surface area contributed by atoms with Gasteiger partial charge < -0.3 is 14.2 Å². The molecule has 0 bridgehead atoms. The Morgan fingerprint density at radius 2 is 1.03 bits per heavy atom. The van der Waals surface area contributed by atoms with Gasteiger partial charge in [-0.15, -0.1) is 0 Å². The Labute approximate surface area is 192 Å². The number of para-hydroxylation sites is 3. The van der Waals surface area contributed by atoms with Crippen molar-refractivity contribution in [2.24, 2.45) is 11.3 Å². The average Bonchev–Trinajstić information content (AvgIpc) is 2.85. The van der Waals surface area contributed by atoms with Crippen LogP contribution in [0.2, 0.25) is 0 Å². The quantitative estimate of drug-likeness (QED) is 0.303. The molecule has 3 aromatic carbocycles. The molecule has 33 heavy (non-hydrogen) atoms. The summed E-state index contributed by atoms with van der Waals surface area (Å²) < 4.78 is 16.8. The van der Waals surface area contributed by atoms with Crippen LogP contribution in [0.4, 0.5) is 0 Å². The minimum atomic E-state index is -1.82. The molecule has 0 spiro atoms. The van der Waals surface area contributed by atoms with E-state index in [2.05, 4.69) is 0 Å². The molecule has 1 saturated carbocycles. The summed E-state index contributed by atoms with van der Waals surface area (Å²) in [6.45, 7) is 0. The van der Waals surface area contributed by atoms with Crippen LogP contribution < -0.4 is 14.2 Å². The zero-order chi connectivity index (χ0) is 23.1. The maximum Gasteiger partial charge on any atom is 0.329 e. The molecule has 6 nitrogen and oxygen atoms in total. The highest BCUT2D eigenvalue weighted by molar-refractivity contribution is 6.05. The first kappa shape index (κ1) is 22.3. The standard InChI is InChI=1S/C27H24O6/c28-24(31-20-12-4-1-5-13-20)23-18-10-11-19-27(23,25(29)32-21-14-6-2-7-15-21)26(30)33-22-16-8-3-9-17-22/h1-9,12-17,23H,10-11,18-19H2. The van der Waals surface area contributed by atoms with E-state index in [1.807, 2.05) is 0 Å². The van der Waals surface area contributed by atoms with Crippen LogP contribution >= 0.6 is 0 Å². The summed E-state index contributed by atoms with van der Waals surface area (Å²) >= 11 is 0. The molecule has 1 unspecified atom stereocenters. The second-order valence-electron chi connectivity index (χ2n) is 7.91. The van der Waals surface area contributed by atoms with Crippen molar-refractivity contribution in [1.29, 1.82) is 0 Å². The van der Waals surface area contributed by atoms with Gasteiger partial charge >= 0.3 is 17.9 Å². The molecule has 4 rings (SSSR count). The average molecular weight is 444 g/mol. The lowest BCUT2D eigenvalue weighted by molar-refractivity contribution is -0.175. The maximum atomic E-state index is 13.6. The lowest BCUT2D eigenvalue weighted by Crippen LogP contribution is -2.54. The molecule has 0 saturated heterocycles. The third-order valence-electron chi connectivity index (χ3n) is 5.79. The molecule has 0 amide bonds. The molecule has 0 radical (unpaired) electrons. The van der Waals surface area contributed by atoms with Crippen LogP contribution in [0.3, 0.4) is 0 Å². The highest BCUT2D eigenvalue weighted by Gasteiger charge is 2.59. The minimum absolute atomic E-state index is 0.124. The van der Waals surface area contributed by atoms with Crippen LogP contribution in [-0.4, -0.2) is 17.9 Å². The van der Waals surface area contributed by atoms with Gasteiger partial charge in [0.15, 0.2) is 5.41 Å². The van der Waals surface area contributed by atoms with E-state index >= 15 is 0 Å². The Hall–Kier alpha value is -3.93. The first-order chi connectivity index (χ1) is 16.1. The van der Waals surface area contributed by atoms with Gasteiger partial charge in [-0.25, -0.2) is 0 Å². The Kier molecular flexibility index (Phi) is 6.83. The van der Waals surface area contributed by atoms with Crippen LogP contribution in [0.1, 0.15) is 25.7 Å². The van der Waals surface area contributed by atoms with E-state index in [0.29, 0.717) is 25.0 Å². The number of carbonyl (C=O) groups excluding carboxylic acids is 3.